The number of benzene rings is 1. The summed E-state index contributed by atoms with van der Waals surface area (Å²) in [6, 6.07) is 8.81. The number of rotatable bonds is 3. The van der Waals surface area contributed by atoms with Crippen molar-refractivity contribution in [2.45, 2.75) is 6.54 Å². The van der Waals surface area contributed by atoms with Crippen molar-refractivity contribution in [1.82, 2.24) is 4.90 Å². The lowest BCUT2D eigenvalue weighted by atomic mass is 10.2. The van der Waals surface area contributed by atoms with E-state index in [9.17, 15) is 0 Å². The van der Waals surface area contributed by atoms with Crippen molar-refractivity contribution in [3.05, 3.63) is 29.8 Å². The Kier molecular flexibility index (Phi) is 3.71. The maximum Gasteiger partial charge on any atom is 0.0227 e. The minimum absolute atomic E-state index is 0.905. The van der Waals surface area contributed by atoms with Crippen LogP contribution in [-0.2, 0) is 6.54 Å². The van der Waals surface area contributed by atoms with Crippen molar-refractivity contribution < 1.29 is 0 Å². The van der Waals surface area contributed by atoms with E-state index < -0.39 is 0 Å². The summed E-state index contributed by atoms with van der Waals surface area (Å²) in [5.74, 6) is 0. The van der Waals surface area contributed by atoms with Crippen molar-refractivity contribution in [2.75, 3.05) is 20.8 Å². The van der Waals surface area contributed by atoms with E-state index in [4.69, 9.17) is 0 Å². The van der Waals surface area contributed by atoms with E-state index in [1.54, 1.807) is 0 Å². The van der Waals surface area contributed by atoms with Crippen LogP contribution in [0.2, 0.25) is 0 Å². The quantitative estimate of drug-likeness (QED) is 0.641. The zero-order chi connectivity index (χ0) is 8.97. The standard InChI is InChI=1S/C10H16NP/c1-11(2)8-9-5-4-6-10(7-9)12-3/h4-7,12H,8H2,1-3H3. The highest BCUT2D eigenvalue weighted by Gasteiger charge is 1.95. The number of hydrogen-bond donors (Lipinski definition) is 0. The molecule has 0 heterocycles. The van der Waals surface area contributed by atoms with E-state index in [0.29, 0.717) is 0 Å². The molecule has 0 aromatic heterocycles. The van der Waals surface area contributed by atoms with Gasteiger partial charge < -0.3 is 4.90 Å². The maximum atomic E-state index is 2.29. The summed E-state index contributed by atoms with van der Waals surface area (Å²) in [6.45, 7) is 3.26. The molecular weight excluding hydrogens is 165 g/mol. The van der Waals surface area contributed by atoms with E-state index in [0.717, 1.165) is 15.1 Å². The zero-order valence-electron chi connectivity index (χ0n) is 7.96. The minimum atomic E-state index is 0.905. The maximum absolute atomic E-state index is 2.29. The van der Waals surface area contributed by atoms with Crippen LogP contribution in [-0.4, -0.2) is 25.7 Å². The Labute approximate surface area is 76.6 Å². The Hall–Kier alpha value is -0.390. The van der Waals surface area contributed by atoms with E-state index in [1.165, 1.54) is 10.9 Å². The second-order valence-electron chi connectivity index (χ2n) is 3.19. The Morgan fingerprint density at radius 3 is 2.67 bits per heavy atom. The van der Waals surface area contributed by atoms with Gasteiger partial charge in [0.2, 0.25) is 0 Å². The molecule has 0 fully saturated rings. The first kappa shape index (κ1) is 9.70. The Bertz CT molecular complexity index is 245. The van der Waals surface area contributed by atoms with Crippen molar-refractivity contribution in [3.8, 4) is 0 Å². The third kappa shape index (κ3) is 2.92. The summed E-state index contributed by atoms with van der Waals surface area (Å²) in [5, 5.41) is 1.45. The van der Waals surface area contributed by atoms with Gasteiger partial charge in [-0.15, -0.1) is 0 Å². The second-order valence-corrected chi connectivity index (χ2v) is 4.27. The SMILES string of the molecule is CPc1cccc(CN(C)C)c1. The average molecular weight is 181 g/mol. The van der Waals surface area contributed by atoms with Gasteiger partial charge in [-0.1, -0.05) is 32.8 Å². The van der Waals surface area contributed by atoms with Crippen LogP contribution in [0.1, 0.15) is 5.56 Å². The van der Waals surface area contributed by atoms with Gasteiger partial charge in [0.05, 0.1) is 0 Å². The Balaban J connectivity index is 2.72. The summed E-state index contributed by atoms with van der Waals surface area (Å²) >= 11 is 0. The normalized spacial score (nSPS) is 11.7. The van der Waals surface area contributed by atoms with E-state index in [1.807, 2.05) is 0 Å². The molecule has 0 aliphatic carbocycles. The predicted molar refractivity (Wildman–Crippen MR) is 57.7 cm³/mol. The monoisotopic (exact) mass is 181 g/mol. The Morgan fingerprint density at radius 2 is 2.08 bits per heavy atom. The molecule has 0 N–H and O–H groups in total. The molecule has 2 heteroatoms. The molecule has 0 spiro atoms. The minimum Gasteiger partial charge on any atom is -0.305 e. The average Bonchev–Trinajstić information content (AvgIpc) is 2.03. The molecule has 0 aliphatic rings. The van der Waals surface area contributed by atoms with Gasteiger partial charge in [0.1, 0.15) is 0 Å². The first-order valence-electron chi connectivity index (χ1n) is 4.14. The number of hydrogen-bond acceptors (Lipinski definition) is 1. The molecular formula is C10H16NP. The molecule has 1 rings (SSSR count). The van der Waals surface area contributed by atoms with Gasteiger partial charge in [-0.25, -0.2) is 0 Å². The first-order valence-corrected chi connectivity index (χ1v) is 5.64. The van der Waals surface area contributed by atoms with Crippen LogP contribution < -0.4 is 5.30 Å². The first-order chi connectivity index (χ1) is 5.72. The van der Waals surface area contributed by atoms with Crippen molar-refractivity contribution in [1.29, 1.82) is 0 Å². The molecule has 12 heavy (non-hydrogen) atoms. The van der Waals surface area contributed by atoms with E-state index in [2.05, 4.69) is 49.9 Å². The highest BCUT2D eigenvalue weighted by molar-refractivity contribution is 7.46. The number of nitrogens with zero attached hydrogens (tertiary/aromatic N) is 1. The van der Waals surface area contributed by atoms with Crippen molar-refractivity contribution >= 4 is 13.9 Å². The Morgan fingerprint density at radius 1 is 1.33 bits per heavy atom. The van der Waals surface area contributed by atoms with Gasteiger partial charge in [-0.05, 0) is 31.6 Å². The van der Waals surface area contributed by atoms with Gasteiger partial charge in [-0.2, -0.15) is 0 Å². The van der Waals surface area contributed by atoms with Crippen LogP contribution in [0.3, 0.4) is 0 Å². The molecule has 0 saturated carbocycles. The lowest BCUT2D eigenvalue weighted by molar-refractivity contribution is 0.402. The topological polar surface area (TPSA) is 3.24 Å². The third-order valence-electron chi connectivity index (χ3n) is 1.71. The van der Waals surface area contributed by atoms with E-state index >= 15 is 0 Å². The lowest BCUT2D eigenvalue weighted by Gasteiger charge is -2.09. The second kappa shape index (κ2) is 4.59. The molecule has 0 saturated heterocycles. The highest BCUT2D eigenvalue weighted by atomic mass is 31.1. The molecule has 1 aromatic rings. The molecule has 0 aliphatic heterocycles. The summed E-state index contributed by atoms with van der Waals surface area (Å²) in [5.41, 5.74) is 1.41. The molecule has 0 amide bonds. The van der Waals surface area contributed by atoms with Gasteiger partial charge >= 0.3 is 0 Å². The fourth-order valence-electron chi connectivity index (χ4n) is 1.19. The van der Waals surface area contributed by atoms with Gasteiger partial charge in [0.25, 0.3) is 0 Å². The smallest absolute Gasteiger partial charge is 0.0227 e. The van der Waals surface area contributed by atoms with Crippen LogP contribution in [0.15, 0.2) is 24.3 Å². The van der Waals surface area contributed by atoms with Gasteiger partial charge in [-0.3, -0.25) is 0 Å². The lowest BCUT2D eigenvalue weighted by Crippen LogP contribution is -2.11. The van der Waals surface area contributed by atoms with E-state index in [-0.39, 0.29) is 0 Å². The highest BCUT2D eigenvalue weighted by Crippen LogP contribution is 2.07. The fourth-order valence-corrected chi connectivity index (χ4v) is 1.78. The molecule has 1 aromatic carbocycles. The van der Waals surface area contributed by atoms with Crippen molar-refractivity contribution in [2.24, 2.45) is 0 Å². The zero-order valence-corrected chi connectivity index (χ0v) is 8.96. The molecule has 0 radical (unpaired) electrons. The largest absolute Gasteiger partial charge is 0.305 e. The van der Waals surface area contributed by atoms with Crippen molar-refractivity contribution in [3.63, 3.8) is 0 Å². The van der Waals surface area contributed by atoms with Crippen LogP contribution in [0.25, 0.3) is 0 Å². The summed E-state index contributed by atoms with van der Waals surface area (Å²) < 4.78 is 0. The third-order valence-corrected chi connectivity index (χ3v) is 2.60. The summed E-state index contributed by atoms with van der Waals surface area (Å²) in [7, 11) is 5.10. The van der Waals surface area contributed by atoms with Crippen LogP contribution in [0.4, 0.5) is 0 Å². The molecule has 1 atom stereocenters. The van der Waals surface area contributed by atoms with Gasteiger partial charge in [0, 0.05) is 6.54 Å². The molecule has 66 valence electrons. The predicted octanol–water partition coefficient (Wildman–Crippen LogP) is 1.68. The van der Waals surface area contributed by atoms with Crippen LogP contribution in [0, 0.1) is 0 Å². The van der Waals surface area contributed by atoms with Crippen LogP contribution >= 0.6 is 8.58 Å². The van der Waals surface area contributed by atoms with Crippen LogP contribution in [0.5, 0.6) is 0 Å². The fraction of sp³-hybridized carbons (Fsp3) is 0.400. The summed E-state index contributed by atoms with van der Waals surface area (Å²) in [4.78, 5) is 2.19. The van der Waals surface area contributed by atoms with Gasteiger partial charge in [0.15, 0.2) is 0 Å². The molecule has 0 bridgehead atoms. The summed E-state index contributed by atoms with van der Waals surface area (Å²) in [6.07, 6.45) is 0. The molecule has 1 nitrogen and oxygen atoms in total. The molecule has 1 unspecified atom stereocenters.